The maximum Gasteiger partial charge on any atom is 0.338 e. The van der Waals surface area contributed by atoms with Gasteiger partial charge in [-0.25, -0.2) is 9.79 Å². The summed E-state index contributed by atoms with van der Waals surface area (Å²) in [5.41, 5.74) is 2.76. The predicted octanol–water partition coefficient (Wildman–Crippen LogP) is 3.00. The number of amidine groups is 1. The van der Waals surface area contributed by atoms with E-state index in [0.29, 0.717) is 17.0 Å². The van der Waals surface area contributed by atoms with Gasteiger partial charge in [0.1, 0.15) is 5.75 Å². The van der Waals surface area contributed by atoms with Gasteiger partial charge in [0.05, 0.1) is 38.0 Å². The smallest absolute Gasteiger partial charge is 0.338 e. The molecular formula is C24H30N4O4S. The molecule has 0 radical (unpaired) electrons. The highest BCUT2D eigenvalue weighted by molar-refractivity contribution is 8.16. The van der Waals surface area contributed by atoms with E-state index in [1.807, 2.05) is 53.4 Å². The Labute approximate surface area is 198 Å². The summed E-state index contributed by atoms with van der Waals surface area (Å²) in [6, 6.07) is 7.38. The number of benzene rings is 1. The summed E-state index contributed by atoms with van der Waals surface area (Å²) in [4.78, 5) is 36.8. The number of thioether (sulfide) groups is 1. The number of nitrogens with zero attached hydrogens (tertiary/aromatic N) is 4. The van der Waals surface area contributed by atoms with Gasteiger partial charge < -0.3 is 24.2 Å². The number of ether oxygens (including phenoxy) is 2. The molecule has 3 heterocycles. The number of methoxy groups -OCH3 is 2. The first-order chi connectivity index (χ1) is 15.8. The largest absolute Gasteiger partial charge is 0.497 e. The van der Waals surface area contributed by atoms with Crippen molar-refractivity contribution in [3.8, 4) is 5.75 Å². The molecule has 2 atom stereocenters. The highest BCUT2D eigenvalue weighted by Crippen LogP contribution is 2.45. The summed E-state index contributed by atoms with van der Waals surface area (Å²) in [5.74, 6) is 0.312. The summed E-state index contributed by atoms with van der Waals surface area (Å²) in [6.07, 6.45) is 1.21. The lowest BCUT2D eigenvalue weighted by molar-refractivity contribution is -0.136. The fourth-order valence-electron chi connectivity index (χ4n) is 4.58. The van der Waals surface area contributed by atoms with Crippen molar-refractivity contribution in [3.05, 3.63) is 52.2 Å². The fraction of sp³-hybridized carbons (Fsp3) is 0.458. The van der Waals surface area contributed by atoms with Gasteiger partial charge in [-0.05, 0) is 50.0 Å². The topological polar surface area (TPSA) is 74.7 Å². The molecule has 0 aromatic heterocycles. The van der Waals surface area contributed by atoms with Crippen molar-refractivity contribution in [3.63, 3.8) is 0 Å². The van der Waals surface area contributed by atoms with Crippen LogP contribution in [0.5, 0.6) is 5.75 Å². The molecule has 0 saturated carbocycles. The van der Waals surface area contributed by atoms with Gasteiger partial charge in [-0.2, -0.15) is 0 Å². The summed E-state index contributed by atoms with van der Waals surface area (Å²) in [5, 5.41) is 2.71. The Morgan fingerprint density at radius 2 is 2.09 bits per heavy atom. The van der Waals surface area contributed by atoms with Crippen molar-refractivity contribution in [2.45, 2.75) is 31.8 Å². The van der Waals surface area contributed by atoms with E-state index in [0.717, 1.165) is 35.9 Å². The number of likely N-dealkylation sites (tertiary alicyclic amines) is 1. The Bertz CT molecular complexity index is 1050. The molecule has 0 N–H and O–H groups in total. The SMILES string of the molecule is COC(=O)C1=C(C)N=C2SC=C(CC(=O)N(C)C3CCN(C)C3)N2C1c1cccc(OC)c1. The molecule has 4 rings (SSSR count). The molecule has 1 fully saturated rings. The number of carbonyl (C=O) groups excluding carboxylic acids is 2. The van der Waals surface area contributed by atoms with Crippen LogP contribution in [0.4, 0.5) is 0 Å². The van der Waals surface area contributed by atoms with Crippen molar-refractivity contribution in [1.29, 1.82) is 0 Å². The van der Waals surface area contributed by atoms with Gasteiger partial charge in [-0.3, -0.25) is 4.79 Å². The molecule has 3 aliphatic heterocycles. The number of aliphatic imine (C=N–C) groups is 1. The first kappa shape index (κ1) is 23.4. The van der Waals surface area contributed by atoms with E-state index in [-0.39, 0.29) is 18.4 Å². The van der Waals surface area contributed by atoms with E-state index >= 15 is 0 Å². The number of likely N-dealkylation sites (N-methyl/N-ethyl adjacent to an activating group) is 2. The predicted molar refractivity (Wildman–Crippen MR) is 129 cm³/mol. The molecule has 176 valence electrons. The third-order valence-electron chi connectivity index (χ3n) is 6.46. The van der Waals surface area contributed by atoms with Crippen molar-refractivity contribution in [2.75, 3.05) is 41.4 Å². The van der Waals surface area contributed by atoms with Gasteiger partial charge in [0.2, 0.25) is 5.91 Å². The Balaban J connectivity index is 1.66. The van der Waals surface area contributed by atoms with Gasteiger partial charge in [-0.1, -0.05) is 23.9 Å². The van der Waals surface area contributed by atoms with Crippen LogP contribution in [0.1, 0.15) is 31.4 Å². The zero-order valence-electron chi connectivity index (χ0n) is 19.7. The van der Waals surface area contributed by atoms with Crippen LogP contribution in [-0.4, -0.2) is 79.2 Å². The lowest BCUT2D eigenvalue weighted by Crippen LogP contribution is -2.41. The monoisotopic (exact) mass is 470 g/mol. The third-order valence-corrected chi connectivity index (χ3v) is 7.34. The van der Waals surface area contributed by atoms with Crippen LogP contribution >= 0.6 is 11.8 Å². The van der Waals surface area contributed by atoms with Crippen molar-refractivity contribution >= 4 is 28.8 Å². The average molecular weight is 471 g/mol. The molecule has 0 spiro atoms. The maximum atomic E-state index is 13.2. The Morgan fingerprint density at radius 3 is 2.76 bits per heavy atom. The van der Waals surface area contributed by atoms with E-state index < -0.39 is 12.0 Å². The highest BCUT2D eigenvalue weighted by Gasteiger charge is 2.41. The Hall–Kier alpha value is -2.78. The number of hydrogen-bond donors (Lipinski definition) is 0. The highest BCUT2D eigenvalue weighted by atomic mass is 32.2. The van der Waals surface area contributed by atoms with Crippen LogP contribution in [0.2, 0.25) is 0 Å². The molecule has 1 aromatic carbocycles. The summed E-state index contributed by atoms with van der Waals surface area (Å²) in [6.45, 7) is 3.69. The van der Waals surface area contributed by atoms with E-state index in [9.17, 15) is 9.59 Å². The molecule has 0 aliphatic carbocycles. The number of rotatable bonds is 6. The number of hydrogen-bond acceptors (Lipinski definition) is 8. The molecule has 1 aromatic rings. The molecule has 1 amide bonds. The minimum atomic E-state index is -0.461. The van der Waals surface area contributed by atoms with Gasteiger partial charge >= 0.3 is 5.97 Å². The molecule has 3 aliphatic rings. The quantitative estimate of drug-likeness (QED) is 0.592. The molecule has 0 bridgehead atoms. The molecule has 2 unspecified atom stereocenters. The van der Waals surface area contributed by atoms with Crippen molar-refractivity contribution in [2.24, 2.45) is 4.99 Å². The molecule has 9 heteroatoms. The van der Waals surface area contributed by atoms with Crippen LogP contribution < -0.4 is 4.74 Å². The summed E-state index contributed by atoms with van der Waals surface area (Å²) < 4.78 is 10.5. The van der Waals surface area contributed by atoms with Gasteiger partial charge in [0, 0.05) is 25.3 Å². The van der Waals surface area contributed by atoms with Crippen molar-refractivity contribution < 1.29 is 19.1 Å². The van der Waals surface area contributed by atoms with Crippen LogP contribution in [0.3, 0.4) is 0 Å². The van der Waals surface area contributed by atoms with E-state index in [2.05, 4.69) is 16.9 Å². The van der Waals surface area contributed by atoms with Crippen LogP contribution in [-0.2, 0) is 14.3 Å². The second kappa shape index (κ2) is 9.61. The third kappa shape index (κ3) is 4.52. The minimum absolute atomic E-state index is 0.0543. The van der Waals surface area contributed by atoms with Crippen LogP contribution in [0.15, 0.2) is 51.6 Å². The number of allylic oxidation sites excluding steroid dienone is 1. The molecule has 1 saturated heterocycles. The van der Waals surface area contributed by atoms with E-state index in [1.54, 1.807) is 7.11 Å². The van der Waals surface area contributed by atoms with E-state index in [1.165, 1.54) is 18.9 Å². The lowest BCUT2D eigenvalue weighted by atomic mass is 9.93. The molecule has 8 nitrogen and oxygen atoms in total. The zero-order chi connectivity index (χ0) is 23.7. The van der Waals surface area contributed by atoms with Gasteiger partial charge in [0.25, 0.3) is 0 Å². The Kier molecular flexibility index (Phi) is 6.81. The fourth-order valence-corrected chi connectivity index (χ4v) is 5.54. The van der Waals surface area contributed by atoms with Crippen LogP contribution in [0.25, 0.3) is 0 Å². The Morgan fingerprint density at radius 1 is 1.30 bits per heavy atom. The number of esters is 1. The normalized spacial score (nSPS) is 22.6. The minimum Gasteiger partial charge on any atom is -0.497 e. The van der Waals surface area contributed by atoms with Gasteiger partial charge in [-0.15, -0.1) is 0 Å². The number of fused-ring (bicyclic) bond motifs is 1. The first-order valence-electron chi connectivity index (χ1n) is 10.9. The van der Waals surface area contributed by atoms with Gasteiger partial charge in [0.15, 0.2) is 5.17 Å². The zero-order valence-corrected chi connectivity index (χ0v) is 20.5. The molecule has 33 heavy (non-hydrogen) atoms. The molecular weight excluding hydrogens is 440 g/mol. The second-order valence-electron chi connectivity index (χ2n) is 8.55. The standard InChI is InChI=1S/C24H30N4O4S/c1-15-21(23(30)32-5)22(16-7-6-8-19(11-16)31-4)28-18(14-33-24(28)25-15)12-20(29)27(3)17-9-10-26(2)13-17/h6-8,11,14,17,22H,9-10,12-13H2,1-5H3. The summed E-state index contributed by atoms with van der Waals surface area (Å²) in [7, 11) is 6.94. The maximum absolute atomic E-state index is 13.2. The number of amides is 1. The van der Waals surface area contributed by atoms with E-state index in [4.69, 9.17) is 9.47 Å². The number of carbonyl (C=O) groups is 2. The van der Waals surface area contributed by atoms with Crippen LogP contribution in [0, 0.1) is 0 Å². The summed E-state index contributed by atoms with van der Waals surface area (Å²) >= 11 is 1.47. The second-order valence-corrected chi connectivity index (χ2v) is 9.38. The lowest BCUT2D eigenvalue weighted by Gasteiger charge is -2.36. The first-order valence-corrected chi connectivity index (χ1v) is 11.8. The van der Waals surface area contributed by atoms with Crippen molar-refractivity contribution in [1.82, 2.24) is 14.7 Å². The average Bonchev–Trinajstić information content (AvgIpc) is 3.43.